The molecule has 0 spiro atoms. The van der Waals surface area contributed by atoms with E-state index >= 15 is 0 Å². The van der Waals surface area contributed by atoms with Crippen LogP contribution in [0.15, 0.2) is 12.3 Å². The van der Waals surface area contributed by atoms with Gasteiger partial charge in [-0.05, 0) is 18.1 Å². The molecule has 0 amide bonds. The van der Waals surface area contributed by atoms with Gasteiger partial charge in [0.15, 0.2) is 0 Å². The molecule has 3 nitrogen and oxygen atoms in total. The summed E-state index contributed by atoms with van der Waals surface area (Å²) in [4.78, 5) is 3.42. The summed E-state index contributed by atoms with van der Waals surface area (Å²) < 4.78 is 12.6. The van der Waals surface area contributed by atoms with Gasteiger partial charge in [0.2, 0.25) is 5.95 Å². The lowest BCUT2D eigenvalue weighted by Crippen LogP contribution is -2.12. The summed E-state index contributed by atoms with van der Waals surface area (Å²) in [6.07, 6.45) is 1.73. The van der Waals surface area contributed by atoms with Crippen LogP contribution in [0.2, 0.25) is 5.02 Å². The van der Waals surface area contributed by atoms with Crippen molar-refractivity contribution >= 4 is 11.6 Å². The van der Waals surface area contributed by atoms with Gasteiger partial charge < -0.3 is 10.8 Å². The zero-order valence-corrected chi connectivity index (χ0v) is 7.63. The molecule has 0 aromatic carbocycles. The predicted molar refractivity (Wildman–Crippen MR) is 47.8 cm³/mol. The molecular formula is C8H10ClFN2O. The molecule has 1 heterocycles. The molecule has 0 fully saturated rings. The van der Waals surface area contributed by atoms with Crippen molar-refractivity contribution in [2.45, 2.75) is 12.5 Å². The fraction of sp³-hybridized carbons (Fsp3) is 0.375. The highest BCUT2D eigenvalue weighted by atomic mass is 35.5. The van der Waals surface area contributed by atoms with Crippen LogP contribution in [-0.2, 0) is 0 Å². The van der Waals surface area contributed by atoms with Gasteiger partial charge in [0.1, 0.15) is 0 Å². The average molecular weight is 205 g/mol. The highest BCUT2D eigenvalue weighted by Gasteiger charge is 2.08. The number of halogens is 2. The van der Waals surface area contributed by atoms with Crippen molar-refractivity contribution in [3.05, 3.63) is 28.8 Å². The topological polar surface area (TPSA) is 59.1 Å². The second kappa shape index (κ2) is 4.50. The van der Waals surface area contributed by atoms with Gasteiger partial charge in [-0.1, -0.05) is 11.6 Å². The maximum Gasteiger partial charge on any atom is 0.231 e. The maximum atomic E-state index is 12.6. The molecule has 13 heavy (non-hydrogen) atoms. The van der Waals surface area contributed by atoms with Crippen LogP contribution in [0.5, 0.6) is 0 Å². The Morgan fingerprint density at radius 2 is 2.38 bits per heavy atom. The summed E-state index contributed by atoms with van der Waals surface area (Å²) in [6.45, 7) is -0.0177. The molecule has 0 unspecified atom stereocenters. The minimum Gasteiger partial charge on any atom is -0.396 e. The van der Waals surface area contributed by atoms with Gasteiger partial charge in [-0.3, -0.25) is 0 Å². The zero-order chi connectivity index (χ0) is 9.84. The van der Waals surface area contributed by atoms with E-state index in [4.69, 9.17) is 22.4 Å². The van der Waals surface area contributed by atoms with Crippen LogP contribution in [0, 0.1) is 5.95 Å². The first-order valence-electron chi connectivity index (χ1n) is 3.82. The number of nitrogens with two attached hydrogens (primary N) is 1. The van der Waals surface area contributed by atoms with E-state index in [0.29, 0.717) is 12.0 Å². The minimum absolute atomic E-state index is 0.0177. The summed E-state index contributed by atoms with van der Waals surface area (Å²) in [5.41, 5.74) is 6.27. The lowest BCUT2D eigenvalue weighted by molar-refractivity contribution is 0.276. The normalized spacial score (nSPS) is 12.9. The van der Waals surface area contributed by atoms with Crippen molar-refractivity contribution in [1.29, 1.82) is 0 Å². The summed E-state index contributed by atoms with van der Waals surface area (Å²) >= 11 is 5.50. The summed E-state index contributed by atoms with van der Waals surface area (Å²) in [6, 6.07) is 1.07. The SMILES string of the molecule is N[C@@H](CCO)c1cnc(F)c(Cl)c1. The molecule has 0 saturated carbocycles. The highest BCUT2D eigenvalue weighted by Crippen LogP contribution is 2.18. The number of aromatic nitrogens is 1. The molecule has 1 aromatic heterocycles. The van der Waals surface area contributed by atoms with Crippen LogP contribution in [0.1, 0.15) is 18.0 Å². The van der Waals surface area contributed by atoms with Crippen LogP contribution in [-0.4, -0.2) is 16.7 Å². The van der Waals surface area contributed by atoms with Gasteiger partial charge in [-0.15, -0.1) is 0 Å². The van der Waals surface area contributed by atoms with Gasteiger partial charge in [-0.2, -0.15) is 4.39 Å². The van der Waals surface area contributed by atoms with Crippen molar-refractivity contribution < 1.29 is 9.50 Å². The number of pyridine rings is 1. The third-order valence-corrected chi connectivity index (χ3v) is 1.95. The molecule has 0 aliphatic heterocycles. The number of nitrogens with zero attached hydrogens (tertiary/aromatic N) is 1. The van der Waals surface area contributed by atoms with Gasteiger partial charge in [0.25, 0.3) is 0 Å². The zero-order valence-electron chi connectivity index (χ0n) is 6.87. The van der Waals surface area contributed by atoms with E-state index in [-0.39, 0.29) is 17.7 Å². The van der Waals surface area contributed by atoms with Gasteiger partial charge in [0.05, 0.1) is 5.02 Å². The maximum absolute atomic E-state index is 12.6. The average Bonchev–Trinajstić information content (AvgIpc) is 2.10. The lowest BCUT2D eigenvalue weighted by atomic mass is 10.1. The second-order valence-electron chi connectivity index (χ2n) is 2.66. The Hall–Kier alpha value is -0.710. The Morgan fingerprint density at radius 3 is 2.92 bits per heavy atom. The van der Waals surface area contributed by atoms with Crippen molar-refractivity contribution in [1.82, 2.24) is 4.98 Å². The second-order valence-corrected chi connectivity index (χ2v) is 3.07. The molecule has 1 rings (SSSR count). The lowest BCUT2D eigenvalue weighted by Gasteiger charge is -2.09. The smallest absolute Gasteiger partial charge is 0.231 e. The first-order valence-corrected chi connectivity index (χ1v) is 4.20. The number of hydrogen-bond acceptors (Lipinski definition) is 3. The Morgan fingerprint density at radius 1 is 1.69 bits per heavy atom. The van der Waals surface area contributed by atoms with E-state index in [2.05, 4.69) is 4.98 Å². The summed E-state index contributed by atoms with van der Waals surface area (Å²) in [5.74, 6) is -0.707. The van der Waals surface area contributed by atoms with Crippen LogP contribution < -0.4 is 5.73 Å². The molecule has 1 atom stereocenters. The molecule has 1 aromatic rings. The molecule has 72 valence electrons. The first kappa shape index (κ1) is 10.4. The largest absolute Gasteiger partial charge is 0.396 e. The summed E-state index contributed by atoms with van der Waals surface area (Å²) in [5, 5.41) is 8.56. The Bertz CT molecular complexity index is 295. The monoisotopic (exact) mass is 204 g/mol. The van der Waals surface area contributed by atoms with E-state index in [0.717, 1.165) is 0 Å². The quantitative estimate of drug-likeness (QED) is 0.729. The molecule has 0 radical (unpaired) electrons. The Kier molecular flexibility index (Phi) is 3.59. The molecule has 0 saturated heterocycles. The first-order chi connectivity index (χ1) is 6.15. The van der Waals surface area contributed by atoms with Gasteiger partial charge in [-0.25, -0.2) is 4.98 Å². The molecule has 0 aliphatic carbocycles. The predicted octanol–water partition coefficient (Wildman–Crippen LogP) is 1.26. The number of aliphatic hydroxyl groups is 1. The van der Waals surface area contributed by atoms with Gasteiger partial charge >= 0.3 is 0 Å². The Balaban J connectivity index is 2.84. The fourth-order valence-corrected chi connectivity index (χ4v) is 1.12. The van der Waals surface area contributed by atoms with Crippen molar-refractivity contribution in [3.8, 4) is 0 Å². The Labute approximate surface area is 80.3 Å². The minimum atomic E-state index is -0.707. The summed E-state index contributed by atoms with van der Waals surface area (Å²) in [7, 11) is 0. The highest BCUT2D eigenvalue weighted by molar-refractivity contribution is 6.30. The van der Waals surface area contributed by atoms with E-state index in [1.807, 2.05) is 0 Å². The van der Waals surface area contributed by atoms with E-state index in [1.54, 1.807) is 0 Å². The van der Waals surface area contributed by atoms with Crippen LogP contribution in [0.4, 0.5) is 4.39 Å². The number of rotatable bonds is 3. The third-order valence-electron chi connectivity index (χ3n) is 1.69. The number of hydrogen-bond donors (Lipinski definition) is 2. The van der Waals surface area contributed by atoms with Crippen LogP contribution in [0.25, 0.3) is 0 Å². The number of aliphatic hydroxyl groups excluding tert-OH is 1. The van der Waals surface area contributed by atoms with Crippen molar-refractivity contribution in [2.24, 2.45) is 5.73 Å². The van der Waals surface area contributed by atoms with Gasteiger partial charge in [0, 0.05) is 18.8 Å². The van der Waals surface area contributed by atoms with E-state index < -0.39 is 5.95 Å². The van der Waals surface area contributed by atoms with Crippen molar-refractivity contribution in [3.63, 3.8) is 0 Å². The van der Waals surface area contributed by atoms with E-state index in [9.17, 15) is 4.39 Å². The molecule has 3 N–H and O–H groups in total. The third kappa shape index (κ3) is 2.62. The van der Waals surface area contributed by atoms with Crippen molar-refractivity contribution in [2.75, 3.05) is 6.61 Å². The molecule has 0 bridgehead atoms. The van der Waals surface area contributed by atoms with E-state index in [1.165, 1.54) is 12.3 Å². The molecule has 0 aliphatic rings. The van der Waals surface area contributed by atoms with Crippen LogP contribution in [0.3, 0.4) is 0 Å². The molecular weight excluding hydrogens is 195 g/mol. The molecule has 5 heteroatoms. The van der Waals surface area contributed by atoms with Crippen LogP contribution >= 0.6 is 11.6 Å². The standard InChI is InChI=1S/C8H10ClFN2O/c9-6-3-5(4-12-8(6)10)7(11)1-2-13/h3-4,7,13H,1-2,11H2/t7-/m0/s1. The fourth-order valence-electron chi connectivity index (χ4n) is 0.945.